The highest BCUT2D eigenvalue weighted by molar-refractivity contribution is 6.30. The highest BCUT2D eigenvalue weighted by Crippen LogP contribution is 2.48. The van der Waals surface area contributed by atoms with E-state index in [0.717, 1.165) is 30.6 Å². The average Bonchev–Trinajstić information content (AvgIpc) is 2.92. The normalized spacial score (nSPS) is 25.8. The summed E-state index contributed by atoms with van der Waals surface area (Å²) in [5.74, 6) is 2.23. The summed E-state index contributed by atoms with van der Waals surface area (Å²) in [6, 6.07) is 6.86. The third kappa shape index (κ3) is 3.26. The second kappa shape index (κ2) is 5.75. The van der Waals surface area contributed by atoms with Crippen LogP contribution in [0.25, 0.3) is 0 Å². The molecule has 2 atom stereocenters. The molecule has 0 amide bonds. The highest BCUT2D eigenvalue weighted by Gasteiger charge is 2.41. The van der Waals surface area contributed by atoms with Crippen molar-refractivity contribution in [2.75, 3.05) is 6.61 Å². The van der Waals surface area contributed by atoms with Crippen LogP contribution < -0.4 is 0 Å². The van der Waals surface area contributed by atoms with E-state index in [0.29, 0.717) is 17.2 Å². The van der Waals surface area contributed by atoms with E-state index < -0.39 is 0 Å². The number of halogens is 1. The minimum Gasteiger partial charge on any atom is -0.462 e. The molecule has 1 aliphatic rings. The maximum absolute atomic E-state index is 11.7. The van der Waals surface area contributed by atoms with Crippen molar-refractivity contribution in [2.45, 2.75) is 26.7 Å². The Bertz CT molecular complexity index is 422. The molecular weight excluding hydrogens is 248 g/mol. The van der Waals surface area contributed by atoms with Gasteiger partial charge in [0.05, 0.1) is 12.2 Å². The molecule has 3 heteroatoms. The fourth-order valence-electron chi connectivity index (χ4n) is 2.47. The van der Waals surface area contributed by atoms with Crippen LogP contribution in [0.2, 0.25) is 5.02 Å². The summed E-state index contributed by atoms with van der Waals surface area (Å²) in [7, 11) is 0. The molecule has 0 aliphatic heterocycles. The molecular formula is C15H19ClO2. The lowest BCUT2D eigenvalue weighted by molar-refractivity contribution is 0.0496. The Kier molecular flexibility index (Phi) is 4.28. The van der Waals surface area contributed by atoms with E-state index in [1.54, 1.807) is 24.3 Å². The second-order valence-electron chi connectivity index (χ2n) is 5.17. The fourth-order valence-corrected chi connectivity index (χ4v) is 2.66. The molecule has 0 bridgehead atoms. The van der Waals surface area contributed by atoms with Gasteiger partial charge in [0, 0.05) is 5.02 Å². The predicted octanol–water partition coefficient (Wildman–Crippen LogP) is 4.18. The predicted molar refractivity (Wildman–Crippen MR) is 72.8 cm³/mol. The summed E-state index contributed by atoms with van der Waals surface area (Å²) < 4.78 is 5.23. The van der Waals surface area contributed by atoms with Crippen LogP contribution in [0.4, 0.5) is 0 Å². The van der Waals surface area contributed by atoms with Crippen LogP contribution in [0.3, 0.4) is 0 Å². The number of esters is 1. The molecule has 1 aromatic carbocycles. The Balaban J connectivity index is 1.69. The minimum atomic E-state index is -0.283. The van der Waals surface area contributed by atoms with Gasteiger partial charge in [0.1, 0.15) is 0 Å². The summed E-state index contributed by atoms with van der Waals surface area (Å²) in [6.45, 7) is 5.07. The number of carbonyl (C=O) groups excluding carboxylic acids is 1. The Morgan fingerprint density at radius 1 is 1.33 bits per heavy atom. The largest absolute Gasteiger partial charge is 0.462 e. The van der Waals surface area contributed by atoms with Crippen LogP contribution in [0.5, 0.6) is 0 Å². The van der Waals surface area contributed by atoms with E-state index in [2.05, 4.69) is 13.8 Å². The molecule has 0 saturated heterocycles. The number of hydrogen-bond donors (Lipinski definition) is 0. The maximum atomic E-state index is 11.7. The van der Waals surface area contributed by atoms with Crippen LogP contribution in [0, 0.1) is 17.8 Å². The molecule has 0 radical (unpaired) electrons. The van der Waals surface area contributed by atoms with E-state index in [1.807, 2.05) is 0 Å². The van der Waals surface area contributed by atoms with Gasteiger partial charge in [0.2, 0.25) is 0 Å². The highest BCUT2D eigenvalue weighted by atomic mass is 35.5. The maximum Gasteiger partial charge on any atom is 0.338 e. The van der Waals surface area contributed by atoms with Gasteiger partial charge in [-0.3, -0.25) is 0 Å². The van der Waals surface area contributed by atoms with Gasteiger partial charge in [0.25, 0.3) is 0 Å². The van der Waals surface area contributed by atoms with Crippen LogP contribution in [0.15, 0.2) is 24.3 Å². The summed E-state index contributed by atoms with van der Waals surface area (Å²) in [5.41, 5.74) is 0.524. The van der Waals surface area contributed by atoms with E-state index in [-0.39, 0.29) is 5.97 Å². The molecule has 1 saturated carbocycles. The smallest absolute Gasteiger partial charge is 0.338 e. The molecule has 0 aromatic heterocycles. The standard InChI is InChI=1S/C15H19ClO2/c1-10-11(2)14(10)7-4-8-18-15(17)12-5-3-6-13(16)9-12/h3,5-6,9-11,14H,4,7-8H2,1-2H3. The zero-order valence-corrected chi connectivity index (χ0v) is 11.6. The Morgan fingerprint density at radius 2 is 2.06 bits per heavy atom. The van der Waals surface area contributed by atoms with E-state index in [9.17, 15) is 4.79 Å². The van der Waals surface area contributed by atoms with Crippen molar-refractivity contribution in [1.29, 1.82) is 0 Å². The lowest BCUT2D eigenvalue weighted by Crippen LogP contribution is -2.06. The van der Waals surface area contributed by atoms with Gasteiger partial charge in [-0.25, -0.2) is 4.79 Å². The molecule has 0 spiro atoms. The molecule has 2 nitrogen and oxygen atoms in total. The topological polar surface area (TPSA) is 26.3 Å². The molecule has 2 unspecified atom stereocenters. The van der Waals surface area contributed by atoms with Gasteiger partial charge in [-0.05, 0) is 48.8 Å². The zero-order chi connectivity index (χ0) is 13.1. The molecule has 2 rings (SSSR count). The molecule has 18 heavy (non-hydrogen) atoms. The number of carbonyl (C=O) groups is 1. The van der Waals surface area contributed by atoms with Crippen LogP contribution in [0.1, 0.15) is 37.0 Å². The summed E-state index contributed by atoms with van der Waals surface area (Å²) in [5, 5.41) is 0.560. The first kappa shape index (κ1) is 13.4. The van der Waals surface area contributed by atoms with Gasteiger partial charge in [-0.2, -0.15) is 0 Å². The van der Waals surface area contributed by atoms with Gasteiger partial charge in [0.15, 0.2) is 0 Å². The van der Waals surface area contributed by atoms with E-state index in [1.165, 1.54) is 0 Å². The van der Waals surface area contributed by atoms with Crippen molar-refractivity contribution in [3.8, 4) is 0 Å². The van der Waals surface area contributed by atoms with Crippen molar-refractivity contribution in [3.63, 3.8) is 0 Å². The number of hydrogen-bond acceptors (Lipinski definition) is 2. The van der Waals surface area contributed by atoms with Gasteiger partial charge in [-0.15, -0.1) is 0 Å². The number of rotatable bonds is 5. The lowest BCUT2D eigenvalue weighted by Gasteiger charge is -2.05. The lowest BCUT2D eigenvalue weighted by atomic mass is 10.2. The quantitative estimate of drug-likeness (QED) is 0.590. The van der Waals surface area contributed by atoms with Crippen LogP contribution in [-0.2, 0) is 4.74 Å². The Hall–Kier alpha value is -1.02. The van der Waals surface area contributed by atoms with E-state index in [4.69, 9.17) is 16.3 Å². The zero-order valence-electron chi connectivity index (χ0n) is 10.9. The number of benzene rings is 1. The Morgan fingerprint density at radius 3 is 2.67 bits per heavy atom. The Labute approximate surface area is 113 Å². The van der Waals surface area contributed by atoms with Gasteiger partial charge >= 0.3 is 5.97 Å². The first-order chi connectivity index (χ1) is 8.59. The third-order valence-electron chi connectivity index (χ3n) is 4.01. The molecule has 0 heterocycles. The second-order valence-corrected chi connectivity index (χ2v) is 5.61. The van der Waals surface area contributed by atoms with Crippen LogP contribution in [-0.4, -0.2) is 12.6 Å². The first-order valence-corrected chi connectivity index (χ1v) is 6.90. The van der Waals surface area contributed by atoms with Crippen molar-refractivity contribution >= 4 is 17.6 Å². The van der Waals surface area contributed by atoms with Crippen molar-refractivity contribution < 1.29 is 9.53 Å². The summed E-state index contributed by atoms with van der Waals surface area (Å²) in [6.07, 6.45) is 2.11. The van der Waals surface area contributed by atoms with Gasteiger partial charge in [-0.1, -0.05) is 31.5 Å². The van der Waals surface area contributed by atoms with Crippen molar-refractivity contribution in [1.82, 2.24) is 0 Å². The van der Waals surface area contributed by atoms with E-state index >= 15 is 0 Å². The third-order valence-corrected chi connectivity index (χ3v) is 4.25. The molecule has 98 valence electrons. The monoisotopic (exact) mass is 266 g/mol. The number of ether oxygens (including phenoxy) is 1. The first-order valence-electron chi connectivity index (χ1n) is 6.52. The van der Waals surface area contributed by atoms with Gasteiger partial charge < -0.3 is 4.74 Å². The molecule has 1 aromatic rings. The fraction of sp³-hybridized carbons (Fsp3) is 0.533. The molecule has 1 aliphatic carbocycles. The van der Waals surface area contributed by atoms with Crippen LogP contribution >= 0.6 is 11.6 Å². The molecule has 1 fully saturated rings. The molecule has 0 N–H and O–H groups in total. The summed E-state index contributed by atoms with van der Waals surface area (Å²) in [4.78, 5) is 11.7. The average molecular weight is 267 g/mol. The van der Waals surface area contributed by atoms with Crippen molar-refractivity contribution in [3.05, 3.63) is 34.9 Å². The SMILES string of the molecule is CC1C(C)C1CCCOC(=O)c1cccc(Cl)c1. The summed E-state index contributed by atoms with van der Waals surface area (Å²) >= 11 is 5.82. The minimum absolute atomic E-state index is 0.283. The van der Waals surface area contributed by atoms with Crippen molar-refractivity contribution in [2.24, 2.45) is 17.8 Å².